The normalized spacial score (nSPS) is 27.1. The van der Waals surface area contributed by atoms with Crippen molar-refractivity contribution in [1.82, 2.24) is 14.9 Å². The molecule has 1 aromatic rings. The van der Waals surface area contributed by atoms with Crippen molar-refractivity contribution in [1.29, 1.82) is 0 Å². The maximum atomic E-state index is 6.01. The van der Waals surface area contributed by atoms with E-state index in [0.717, 1.165) is 50.0 Å². The van der Waals surface area contributed by atoms with Gasteiger partial charge in [0.1, 0.15) is 5.82 Å². The first kappa shape index (κ1) is 22.5. The Morgan fingerprint density at radius 1 is 0.889 bits per heavy atom. The average molecular weight is 417 g/mol. The van der Waals surface area contributed by atoms with Gasteiger partial charge in [-0.2, -0.15) is 4.98 Å². The van der Waals surface area contributed by atoms with Crippen LogP contribution in [0, 0.1) is 0 Å². The SMILES string of the molecule is Cl.Cl.Nc1nc(C2CC(N)C2)cc(N2CCCN(C3CCCCC3)CC2)n1. The number of aromatic nitrogens is 2. The molecule has 0 aromatic carbocycles. The Morgan fingerprint density at radius 3 is 2.33 bits per heavy atom. The van der Waals surface area contributed by atoms with Crippen LogP contribution < -0.4 is 16.4 Å². The summed E-state index contributed by atoms with van der Waals surface area (Å²) in [6, 6.07) is 3.28. The van der Waals surface area contributed by atoms with E-state index in [2.05, 4.69) is 25.8 Å². The quantitative estimate of drug-likeness (QED) is 0.787. The number of nitrogens with zero attached hydrogens (tertiary/aromatic N) is 4. The number of hydrogen-bond acceptors (Lipinski definition) is 6. The maximum Gasteiger partial charge on any atom is 0.222 e. The number of hydrogen-bond donors (Lipinski definition) is 2. The molecule has 1 saturated heterocycles. The Balaban J connectivity index is 0.00000131. The highest BCUT2D eigenvalue weighted by Gasteiger charge is 2.30. The fourth-order valence-corrected chi connectivity index (χ4v) is 4.72. The van der Waals surface area contributed by atoms with Crippen LogP contribution in [0.15, 0.2) is 6.07 Å². The highest BCUT2D eigenvalue weighted by Crippen LogP contribution is 2.36. The van der Waals surface area contributed by atoms with Gasteiger partial charge in [0.2, 0.25) is 5.95 Å². The summed E-state index contributed by atoms with van der Waals surface area (Å²) in [5.74, 6) is 1.87. The summed E-state index contributed by atoms with van der Waals surface area (Å²) < 4.78 is 0. The number of anilines is 2. The highest BCUT2D eigenvalue weighted by atomic mass is 35.5. The molecule has 0 amide bonds. The molecule has 1 aliphatic heterocycles. The van der Waals surface area contributed by atoms with Crippen LogP contribution >= 0.6 is 24.8 Å². The highest BCUT2D eigenvalue weighted by molar-refractivity contribution is 5.85. The third-order valence-electron chi connectivity index (χ3n) is 6.29. The van der Waals surface area contributed by atoms with Crippen molar-refractivity contribution in [3.8, 4) is 0 Å². The summed E-state index contributed by atoms with van der Waals surface area (Å²) in [5.41, 5.74) is 13.0. The lowest BCUT2D eigenvalue weighted by Crippen LogP contribution is -2.39. The second-order valence-electron chi connectivity index (χ2n) is 8.11. The summed E-state index contributed by atoms with van der Waals surface area (Å²) in [6.45, 7) is 4.45. The number of nitrogen functional groups attached to an aromatic ring is 1. The lowest BCUT2D eigenvalue weighted by atomic mass is 9.78. The number of halogens is 2. The first-order valence-corrected chi connectivity index (χ1v) is 10.1. The van der Waals surface area contributed by atoms with E-state index in [1.165, 1.54) is 45.1 Å². The molecule has 0 spiro atoms. The molecule has 27 heavy (non-hydrogen) atoms. The van der Waals surface area contributed by atoms with Crippen molar-refractivity contribution < 1.29 is 0 Å². The zero-order valence-electron chi connectivity index (χ0n) is 16.1. The van der Waals surface area contributed by atoms with Gasteiger partial charge in [0.15, 0.2) is 0 Å². The molecule has 3 aliphatic rings. The summed E-state index contributed by atoms with van der Waals surface area (Å²) in [5, 5.41) is 0. The van der Waals surface area contributed by atoms with E-state index in [1.807, 2.05) is 0 Å². The van der Waals surface area contributed by atoms with Gasteiger partial charge in [-0.05, 0) is 32.1 Å². The van der Waals surface area contributed by atoms with Crippen molar-refractivity contribution in [3.05, 3.63) is 11.8 Å². The van der Waals surface area contributed by atoms with E-state index in [-0.39, 0.29) is 24.8 Å². The van der Waals surface area contributed by atoms with Gasteiger partial charge in [-0.1, -0.05) is 19.3 Å². The van der Waals surface area contributed by atoms with E-state index >= 15 is 0 Å². The Labute approximate surface area is 175 Å². The standard InChI is InChI=1S/C19H32N6.2ClH/c20-15-11-14(12-15)17-13-18(23-19(21)22-17)25-8-4-7-24(9-10-25)16-5-2-1-3-6-16;;/h13-16H,1-12,20H2,(H2,21,22,23);2*1H. The van der Waals surface area contributed by atoms with Gasteiger partial charge in [0, 0.05) is 50.2 Å². The average Bonchev–Trinajstić information content (AvgIpc) is 2.85. The number of nitrogens with two attached hydrogens (primary N) is 2. The van der Waals surface area contributed by atoms with E-state index in [1.54, 1.807) is 0 Å². The second-order valence-corrected chi connectivity index (χ2v) is 8.11. The first-order chi connectivity index (χ1) is 12.2. The molecule has 2 aliphatic carbocycles. The van der Waals surface area contributed by atoms with Crippen LogP contribution in [0.5, 0.6) is 0 Å². The zero-order valence-corrected chi connectivity index (χ0v) is 17.7. The van der Waals surface area contributed by atoms with Crippen LogP contribution in [-0.2, 0) is 0 Å². The Bertz CT molecular complexity index is 590. The fourth-order valence-electron chi connectivity index (χ4n) is 4.72. The first-order valence-electron chi connectivity index (χ1n) is 10.1. The lowest BCUT2D eigenvalue weighted by molar-refractivity contribution is 0.166. The summed E-state index contributed by atoms with van der Waals surface area (Å²) in [4.78, 5) is 14.1. The summed E-state index contributed by atoms with van der Waals surface area (Å²) in [6.07, 6.45) is 10.2. The molecule has 4 N–H and O–H groups in total. The zero-order chi connectivity index (χ0) is 17.2. The molecule has 2 heterocycles. The smallest absolute Gasteiger partial charge is 0.222 e. The summed E-state index contributed by atoms with van der Waals surface area (Å²) >= 11 is 0. The predicted molar refractivity (Wildman–Crippen MR) is 116 cm³/mol. The molecule has 0 bridgehead atoms. The molecule has 154 valence electrons. The third-order valence-corrected chi connectivity index (χ3v) is 6.29. The van der Waals surface area contributed by atoms with Gasteiger partial charge in [0.25, 0.3) is 0 Å². The van der Waals surface area contributed by atoms with Crippen molar-refractivity contribution in [2.45, 2.75) is 69.4 Å². The van der Waals surface area contributed by atoms with Crippen molar-refractivity contribution >= 4 is 36.6 Å². The minimum absolute atomic E-state index is 0. The van der Waals surface area contributed by atoms with E-state index in [4.69, 9.17) is 11.5 Å². The van der Waals surface area contributed by atoms with E-state index < -0.39 is 0 Å². The minimum Gasteiger partial charge on any atom is -0.368 e. The molecule has 0 radical (unpaired) electrons. The molecule has 8 heteroatoms. The molecule has 4 rings (SSSR count). The van der Waals surface area contributed by atoms with Gasteiger partial charge in [0.05, 0.1) is 5.69 Å². The van der Waals surface area contributed by atoms with Gasteiger partial charge in [-0.25, -0.2) is 4.98 Å². The predicted octanol–water partition coefficient (Wildman–Crippen LogP) is 2.95. The molecule has 2 saturated carbocycles. The second kappa shape index (κ2) is 10.1. The Kier molecular flexibility index (Phi) is 8.40. The maximum absolute atomic E-state index is 6.01. The molecular formula is C19H34Cl2N6. The van der Waals surface area contributed by atoms with E-state index in [9.17, 15) is 0 Å². The van der Waals surface area contributed by atoms with Crippen LogP contribution in [-0.4, -0.2) is 53.1 Å². The molecule has 3 fully saturated rings. The Hall–Kier alpha value is -0.820. The monoisotopic (exact) mass is 416 g/mol. The van der Waals surface area contributed by atoms with Gasteiger partial charge in [-0.3, -0.25) is 4.90 Å². The van der Waals surface area contributed by atoms with Gasteiger partial charge >= 0.3 is 0 Å². The van der Waals surface area contributed by atoms with Crippen LogP contribution in [0.3, 0.4) is 0 Å². The largest absolute Gasteiger partial charge is 0.368 e. The molecule has 0 atom stereocenters. The number of rotatable bonds is 3. The Morgan fingerprint density at radius 2 is 1.63 bits per heavy atom. The van der Waals surface area contributed by atoms with Gasteiger partial charge < -0.3 is 16.4 Å². The molecule has 6 nitrogen and oxygen atoms in total. The summed E-state index contributed by atoms with van der Waals surface area (Å²) in [7, 11) is 0. The van der Waals surface area contributed by atoms with Crippen molar-refractivity contribution in [2.75, 3.05) is 36.8 Å². The van der Waals surface area contributed by atoms with Crippen LogP contribution in [0.2, 0.25) is 0 Å². The lowest BCUT2D eigenvalue weighted by Gasteiger charge is -2.33. The molecule has 0 unspecified atom stereocenters. The van der Waals surface area contributed by atoms with Crippen LogP contribution in [0.25, 0.3) is 0 Å². The van der Waals surface area contributed by atoms with E-state index in [0.29, 0.717) is 17.9 Å². The topological polar surface area (TPSA) is 84.3 Å². The molecular weight excluding hydrogens is 383 g/mol. The molecule has 1 aromatic heterocycles. The van der Waals surface area contributed by atoms with Crippen molar-refractivity contribution in [2.24, 2.45) is 5.73 Å². The van der Waals surface area contributed by atoms with Crippen LogP contribution in [0.4, 0.5) is 11.8 Å². The van der Waals surface area contributed by atoms with Gasteiger partial charge in [-0.15, -0.1) is 24.8 Å². The van der Waals surface area contributed by atoms with Crippen LogP contribution in [0.1, 0.15) is 63.0 Å². The minimum atomic E-state index is 0. The third kappa shape index (κ3) is 5.37. The van der Waals surface area contributed by atoms with Crippen molar-refractivity contribution in [3.63, 3.8) is 0 Å². The fraction of sp³-hybridized carbons (Fsp3) is 0.789.